The molecule has 1 saturated heterocycles. The number of nitrogens with two attached hydrogens (primary N) is 1. The van der Waals surface area contributed by atoms with Gasteiger partial charge in [0.15, 0.2) is 0 Å². The molecule has 2 atom stereocenters. The Morgan fingerprint density at radius 2 is 1.90 bits per heavy atom. The van der Waals surface area contributed by atoms with E-state index in [0.717, 1.165) is 5.39 Å². The molecule has 12 heteroatoms. The van der Waals surface area contributed by atoms with E-state index in [-0.39, 0.29) is 34.6 Å². The van der Waals surface area contributed by atoms with E-state index in [1.54, 1.807) is 38.4 Å². The van der Waals surface area contributed by atoms with Crippen molar-refractivity contribution >= 4 is 38.5 Å². The molecule has 1 aliphatic rings. The van der Waals surface area contributed by atoms with Crippen LogP contribution in [0.25, 0.3) is 10.9 Å². The summed E-state index contributed by atoms with van der Waals surface area (Å²) in [5, 5.41) is 14.5. The molecule has 4 rings (SSSR count). The molecule has 1 aromatic heterocycles. The van der Waals surface area contributed by atoms with Crippen LogP contribution in [0.3, 0.4) is 0 Å². The Morgan fingerprint density at radius 1 is 1.18 bits per heavy atom. The summed E-state index contributed by atoms with van der Waals surface area (Å²) in [5.74, 6) is 6.21. The maximum absolute atomic E-state index is 13.1. The minimum atomic E-state index is -3.88. The van der Waals surface area contributed by atoms with E-state index in [4.69, 9.17) is 10.6 Å². The predicted molar refractivity (Wildman–Crippen MR) is 152 cm³/mol. The van der Waals surface area contributed by atoms with Gasteiger partial charge in [0.1, 0.15) is 17.4 Å². The third-order valence-corrected chi connectivity index (χ3v) is 8.25. The summed E-state index contributed by atoms with van der Waals surface area (Å²) in [7, 11) is -0.674. The molecule has 0 bridgehead atoms. The van der Waals surface area contributed by atoms with Gasteiger partial charge in [-0.3, -0.25) is 9.69 Å². The number of aromatic nitrogens is 1. The fourth-order valence-corrected chi connectivity index (χ4v) is 5.75. The lowest BCUT2D eigenvalue weighted by Crippen LogP contribution is -2.58. The van der Waals surface area contributed by atoms with Gasteiger partial charge in [0.2, 0.25) is 0 Å². The van der Waals surface area contributed by atoms with E-state index in [2.05, 4.69) is 25.4 Å². The fraction of sp³-hybridized carbons (Fsp3) is 0.333. The number of pyridine rings is 1. The average Bonchev–Trinajstić information content (AvgIpc) is 2.94. The highest BCUT2D eigenvalue weighted by atomic mass is 32.2. The second-order valence-electron chi connectivity index (χ2n) is 9.51. The Hall–Kier alpha value is -4.21. The lowest BCUT2D eigenvalue weighted by Gasteiger charge is -2.45. The number of nitrogens with zero attached hydrogens (tertiary/aromatic N) is 6. The van der Waals surface area contributed by atoms with E-state index in [0.29, 0.717) is 35.8 Å². The van der Waals surface area contributed by atoms with Gasteiger partial charge >= 0.3 is 0 Å². The van der Waals surface area contributed by atoms with Crippen molar-refractivity contribution in [2.75, 3.05) is 31.6 Å². The SMILES string of the molecule is COc1ccc2c(N3C[C@@H](C)N(CC(/C=N/S(=O)(=O)c4ccccc4)=N/N)C[C@@H]3C)c(C#N)c(=O)n(C)c2c1. The third-order valence-electron chi connectivity index (χ3n) is 7.00. The van der Waals surface area contributed by atoms with Crippen molar-refractivity contribution in [3.05, 3.63) is 64.4 Å². The van der Waals surface area contributed by atoms with Crippen molar-refractivity contribution < 1.29 is 13.2 Å². The van der Waals surface area contributed by atoms with Gasteiger partial charge in [-0.15, -0.1) is 0 Å². The molecule has 0 radical (unpaired) electrons. The normalized spacial score (nSPS) is 18.9. The van der Waals surface area contributed by atoms with Crippen LogP contribution >= 0.6 is 0 Å². The number of nitriles is 1. The Kier molecular flexibility index (Phi) is 8.03. The molecule has 2 aromatic carbocycles. The second kappa shape index (κ2) is 11.3. The summed E-state index contributed by atoms with van der Waals surface area (Å²) >= 11 is 0. The van der Waals surface area contributed by atoms with E-state index in [1.165, 1.54) is 22.9 Å². The average molecular weight is 550 g/mol. The van der Waals surface area contributed by atoms with Crippen molar-refractivity contribution in [1.29, 1.82) is 5.26 Å². The summed E-state index contributed by atoms with van der Waals surface area (Å²) in [4.78, 5) is 17.4. The summed E-state index contributed by atoms with van der Waals surface area (Å²) in [6.45, 7) is 5.38. The van der Waals surface area contributed by atoms with Crippen LogP contribution in [-0.2, 0) is 17.1 Å². The van der Waals surface area contributed by atoms with E-state index < -0.39 is 10.0 Å². The smallest absolute Gasteiger partial charge is 0.282 e. The van der Waals surface area contributed by atoms with Crippen molar-refractivity contribution in [3.8, 4) is 11.8 Å². The van der Waals surface area contributed by atoms with Gasteiger partial charge in [-0.25, -0.2) is 0 Å². The van der Waals surface area contributed by atoms with Crippen LogP contribution in [0.1, 0.15) is 19.4 Å². The molecule has 39 heavy (non-hydrogen) atoms. The number of ether oxygens (including phenoxy) is 1. The van der Waals surface area contributed by atoms with Crippen LogP contribution in [0.2, 0.25) is 0 Å². The topological polar surface area (TPSA) is 146 Å². The highest BCUT2D eigenvalue weighted by Gasteiger charge is 2.33. The first kappa shape index (κ1) is 27.8. The highest BCUT2D eigenvalue weighted by molar-refractivity contribution is 7.90. The molecule has 204 valence electrons. The Balaban J connectivity index is 1.61. The molecular weight excluding hydrogens is 518 g/mol. The number of sulfonamides is 1. The van der Waals surface area contributed by atoms with E-state index in [9.17, 15) is 18.5 Å². The summed E-state index contributed by atoms with van der Waals surface area (Å²) in [6.07, 6.45) is 1.18. The number of hydrogen-bond donors (Lipinski definition) is 1. The van der Waals surface area contributed by atoms with Gasteiger partial charge < -0.3 is 20.0 Å². The second-order valence-corrected chi connectivity index (χ2v) is 11.1. The number of benzene rings is 2. The standard InChI is InChI=1S/C27H31N7O4S/c1-18-16-34(26-23-11-10-21(38-4)12-25(23)32(3)27(35)24(26)13-28)19(2)15-33(18)17-20(31-29)14-30-39(36,37)22-8-6-5-7-9-22/h5-12,14,18-19H,15-17,29H2,1-4H3/b30-14+,31-20+/t18-,19+/m1/s1. The van der Waals surface area contributed by atoms with Crippen LogP contribution in [0.4, 0.5) is 5.69 Å². The zero-order valence-electron chi connectivity index (χ0n) is 22.3. The molecule has 1 fully saturated rings. The molecule has 0 spiro atoms. The van der Waals surface area contributed by atoms with E-state index in [1.807, 2.05) is 26.0 Å². The van der Waals surface area contributed by atoms with Gasteiger partial charge in [-0.05, 0) is 38.1 Å². The first-order valence-corrected chi connectivity index (χ1v) is 13.8. The molecule has 11 nitrogen and oxygen atoms in total. The van der Waals surface area contributed by atoms with Crippen LogP contribution in [-0.4, -0.2) is 68.6 Å². The highest BCUT2D eigenvalue weighted by Crippen LogP contribution is 2.34. The zero-order chi connectivity index (χ0) is 28.3. The Morgan fingerprint density at radius 3 is 2.54 bits per heavy atom. The van der Waals surface area contributed by atoms with E-state index >= 15 is 0 Å². The van der Waals surface area contributed by atoms with Crippen molar-refractivity contribution in [3.63, 3.8) is 0 Å². The molecule has 2 heterocycles. The van der Waals surface area contributed by atoms with Crippen LogP contribution in [0.5, 0.6) is 5.75 Å². The number of hydrogen-bond acceptors (Lipinski definition) is 9. The van der Waals surface area contributed by atoms with Gasteiger partial charge in [0.25, 0.3) is 15.6 Å². The van der Waals surface area contributed by atoms with Gasteiger partial charge in [0, 0.05) is 50.2 Å². The quantitative estimate of drug-likeness (QED) is 0.268. The van der Waals surface area contributed by atoms with Crippen molar-refractivity contribution in [2.45, 2.75) is 30.8 Å². The minimum Gasteiger partial charge on any atom is -0.497 e. The van der Waals surface area contributed by atoms with Gasteiger partial charge in [-0.2, -0.15) is 23.2 Å². The van der Waals surface area contributed by atoms with Crippen molar-refractivity contribution in [1.82, 2.24) is 9.47 Å². The maximum Gasteiger partial charge on any atom is 0.282 e. The summed E-state index contributed by atoms with van der Waals surface area (Å²) < 4.78 is 35.7. The molecule has 0 unspecified atom stereocenters. The zero-order valence-corrected chi connectivity index (χ0v) is 23.1. The Labute approximate surface area is 227 Å². The molecular formula is C27H31N7O4S. The summed E-state index contributed by atoms with van der Waals surface area (Å²) in [5.41, 5.74) is 1.30. The van der Waals surface area contributed by atoms with Gasteiger partial charge in [-0.1, -0.05) is 18.2 Å². The van der Waals surface area contributed by atoms with Gasteiger partial charge in [0.05, 0.1) is 35.1 Å². The minimum absolute atomic E-state index is 0.0408. The van der Waals surface area contributed by atoms with Crippen LogP contribution in [0.15, 0.2) is 67.7 Å². The monoisotopic (exact) mass is 549 g/mol. The molecule has 0 amide bonds. The number of rotatable bonds is 7. The predicted octanol–water partition coefficient (Wildman–Crippen LogP) is 2.09. The third kappa shape index (κ3) is 5.50. The van der Waals surface area contributed by atoms with Crippen molar-refractivity contribution in [2.24, 2.45) is 22.4 Å². The largest absolute Gasteiger partial charge is 0.497 e. The number of piperazine rings is 1. The fourth-order valence-electron chi connectivity index (χ4n) is 4.86. The number of anilines is 1. The Bertz CT molecular complexity index is 1640. The van der Waals surface area contributed by atoms with Crippen LogP contribution < -0.4 is 21.0 Å². The number of hydrazone groups is 1. The molecule has 1 aliphatic heterocycles. The first-order valence-electron chi connectivity index (χ1n) is 12.3. The molecule has 0 aliphatic carbocycles. The molecule has 3 aromatic rings. The first-order chi connectivity index (χ1) is 18.6. The lowest BCUT2D eigenvalue weighted by atomic mass is 10.0. The van der Waals surface area contributed by atoms with Crippen LogP contribution in [0, 0.1) is 11.3 Å². The molecule has 2 N–H and O–H groups in total. The summed E-state index contributed by atoms with van der Waals surface area (Å²) in [6, 6.07) is 15.4. The molecule has 0 saturated carbocycles. The number of aryl methyl sites for hydroxylation is 1. The lowest BCUT2D eigenvalue weighted by molar-refractivity contribution is 0.190. The number of fused-ring (bicyclic) bond motifs is 1. The maximum atomic E-state index is 13.1. The number of methoxy groups -OCH3 is 1.